The van der Waals surface area contributed by atoms with Crippen LogP contribution in [0.5, 0.6) is 0 Å². The van der Waals surface area contributed by atoms with Gasteiger partial charge in [0, 0.05) is 0 Å². The lowest BCUT2D eigenvalue weighted by molar-refractivity contribution is -0.126. The molecule has 0 bridgehead atoms. The summed E-state index contributed by atoms with van der Waals surface area (Å²) >= 11 is 1.30. The fraction of sp³-hybridized carbons (Fsp3) is 0.846. The molecule has 1 heterocycles. The van der Waals surface area contributed by atoms with Crippen molar-refractivity contribution in [1.82, 2.24) is 5.32 Å². The number of nitrogens with zero attached hydrogens (tertiary/aromatic N) is 1. The Bertz CT molecular complexity index is 397. The van der Waals surface area contributed by atoms with Gasteiger partial charge in [-0.2, -0.15) is 0 Å². The van der Waals surface area contributed by atoms with E-state index in [9.17, 15) is 15.0 Å². The highest BCUT2D eigenvalue weighted by atomic mass is 32.2. The number of carbonyl (C=O) groups excluding carboxylic acids is 1. The molecular weight excluding hydrogens is 264 g/mol. The Balaban J connectivity index is 2.07. The molecule has 1 saturated carbocycles. The number of thioether (sulfide) groups is 1. The molecule has 0 spiro atoms. The van der Waals surface area contributed by atoms with E-state index in [1.165, 1.54) is 11.8 Å². The van der Waals surface area contributed by atoms with Gasteiger partial charge in [-0.1, -0.05) is 11.8 Å². The first-order valence-electron chi connectivity index (χ1n) is 6.71. The van der Waals surface area contributed by atoms with Gasteiger partial charge in [0.25, 0.3) is 0 Å². The summed E-state index contributed by atoms with van der Waals surface area (Å²) in [4.78, 5) is 16.6. The number of carbonyl (C=O) groups is 1. The topological polar surface area (TPSA) is 81.9 Å². The van der Waals surface area contributed by atoms with Gasteiger partial charge in [-0.05, 0) is 46.5 Å². The molecule has 1 aliphatic carbocycles. The summed E-state index contributed by atoms with van der Waals surface area (Å²) in [5, 5.41) is 23.0. The second kappa shape index (κ2) is 5.07. The van der Waals surface area contributed by atoms with Crippen LogP contribution in [0.4, 0.5) is 0 Å². The third kappa shape index (κ3) is 2.95. The second-order valence-corrected chi connectivity index (χ2v) is 7.45. The van der Waals surface area contributed by atoms with Gasteiger partial charge in [-0.15, -0.1) is 0 Å². The molecule has 1 saturated heterocycles. The van der Waals surface area contributed by atoms with Crippen LogP contribution in [-0.4, -0.2) is 43.8 Å². The minimum atomic E-state index is -1.11. The van der Waals surface area contributed by atoms with E-state index in [1.54, 1.807) is 20.8 Å². The molecule has 0 aromatic carbocycles. The Morgan fingerprint density at radius 1 is 1.37 bits per heavy atom. The summed E-state index contributed by atoms with van der Waals surface area (Å²) in [6, 6.07) is 0.162. The quantitative estimate of drug-likeness (QED) is 0.708. The molecule has 1 amide bonds. The van der Waals surface area contributed by atoms with Crippen molar-refractivity contribution < 1.29 is 15.0 Å². The van der Waals surface area contributed by atoms with Crippen LogP contribution >= 0.6 is 11.8 Å². The number of aliphatic hydroxyl groups excluding tert-OH is 1. The van der Waals surface area contributed by atoms with Gasteiger partial charge in [0.1, 0.15) is 4.75 Å². The molecule has 2 fully saturated rings. The number of rotatable bonds is 2. The van der Waals surface area contributed by atoms with E-state index >= 15 is 0 Å². The van der Waals surface area contributed by atoms with Crippen LogP contribution in [0.25, 0.3) is 0 Å². The van der Waals surface area contributed by atoms with Gasteiger partial charge < -0.3 is 15.5 Å². The minimum absolute atomic E-state index is 0.162. The molecule has 0 aromatic rings. The van der Waals surface area contributed by atoms with E-state index in [0.29, 0.717) is 5.17 Å². The molecule has 0 radical (unpaired) electrons. The Kier molecular flexibility index (Phi) is 3.95. The monoisotopic (exact) mass is 286 g/mol. The lowest BCUT2D eigenvalue weighted by Crippen LogP contribution is -2.50. The summed E-state index contributed by atoms with van der Waals surface area (Å²) in [7, 11) is 0. The SMILES string of the molecule is CC(C)(O)C1(C)SC(=NC2CCC(O)CC2)NC1=O. The minimum Gasteiger partial charge on any atom is -0.393 e. The van der Waals surface area contributed by atoms with Gasteiger partial charge in [-0.3, -0.25) is 9.79 Å². The molecule has 1 aliphatic heterocycles. The Morgan fingerprint density at radius 2 is 1.95 bits per heavy atom. The van der Waals surface area contributed by atoms with Crippen LogP contribution in [0.1, 0.15) is 46.5 Å². The highest BCUT2D eigenvalue weighted by Crippen LogP contribution is 2.41. The van der Waals surface area contributed by atoms with Crippen molar-refractivity contribution in [3.8, 4) is 0 Å². The molecule has 5 nitrogen and oxygen atoms in total. The zero-order chi connectivity index (χ0) is 14.3. The first-order chi connectivity index (χ1) is 8.72. The van der Waals surface area contributed by atoms with Crippen LogP contribution < -0.4 is 5.32 Å². The number of hydrogen-bond acceptors (Lipinski definition) is 5. The summed E-state index contributed by atoms with van der Waals surface area (Å²) in [5.41, 5.74) is -1.11. The lowest BCUT2D eigenvalue weighted by Gasteiger charge is -2.32. The molecular formula is C13H22N2O3S. The smallest absolute Gasteiger partial charge is 0.245 e. The molecule has 2 rings (SSSR count). The van der Waals surface area contributed by atoms with Crippen molar-refractivity contribution in [2.24, 2.45) is 4.99 Å². The average Bonchev–Trinajstić information content (AvgIpc) is 2.58. The maximum atomic E-state index is 12.0. The van der Waals surface area contributed by atoms with Crippen LogP contribution in [0.2, 0.25) is 0 Å². The third-order valence-electron chi connectivity index (χ3n) is 4.09. The van der Waals surface area contributed by atoms with Crippen molar-refractivity contribution >= 4 is 22.8 Å². The number of amidine groups is 1. The molecule has 0 aromatic heterocycles. The zero-order valence-corrected chi connectivity index (χ0v) is 12.5. The molecule has 2 aliphatic rings. The average molecular weight is 286 g/mol. The van der Waals surface area contributed by atoms with Crippen LogP contribution in [-0.2, 0) is 4.79 Å². The van der Waals surface area contributed by atoms with Crippen LogP contribution in [0, 0.1) is 0 Å². The molecule has 1 unspecified atom stereocenters. The molecule has 19 heavy (non-hydrogen) atoms. The van der Waals surface area contributed by atoms with Gasteiger partial charge in [0.05, 0.1) is 17.7 Å². The maximum absolute atomic E-state index is 12.0. The third-order valence-corrected chi connectivity index (χ3v) is 5.58. The predicted molar refractivity (Wildman–Crippen MR) is 76.1 cm³/mol. The van der Waals surface area contributed by atoms with Crippen molar-refractivity contribution in [3.63, 3.8) is 0 Å². The second-order valence-electron chi connectivity index (χ2n) is 6.05. The summed E-state index contributed by atoms with van der Waals surface area (Å²) < 4.78 is -0.903. The predicted octanol–water partition coefficient (Wildman–Crippen LogP) is 1.04. The van der Waals surface area contributed by atoms with Crippen molar-refractivity contribution in [3.05, 3.63) is 0 Å². The van der Waals surface area contributed by atoms with E-state index in [-0.39, 0.29) is 18.1 Å². The maximum Gasteiger partial charge on any atom is 0.245 e. The lowest BCUT2D eigenvalue weighted by atomic mass is 9.91. The van der Waals surface area contributed by atoms with Gasteiger partial charge in [0.2, 0.25) is 5.91 Å². The summed E-state index contributed by atoms with van der Waals surface area (Å²) in [5.74, 6) is -0.195. The largest absolute Gasteiger partial charge is 0.393 e. The highest BCUT2D eigenvalue weighted by molar-refractivity contribution is 8.16. The number of aliphatic imine (C=N–C) groups is 1. The Labute approximate surface area is 117 Å². The van der Waals surface area contributed by atoms with Gasteiger partial charge >= 0.3 is 0 Å². The van der Waals surface area contributed by atoms with Crippen molar-refractivity contribution in [2.75, 3.05) is 0 Å². The summed E-state index contributed by atoms with van der Waals surface area (Å²) in [6.07, 6.45) is 3.02. The standard InChI is InChI=1S/C13H22N2O3S/c1-12(2,18)13(3)10(17)15-11(19-13)14-8-4-6-9(16)7-5-8/h8-9,16,18H,4-7H2,1-3H3,(H,14,15,17). The fourth-order valence-electron chi connectivity index (χ4n) is 2.30. The zero-order valence-electron chi connectivity index (χ0n) is 11.6. The number of amides is 1. The van der Waals surface area contributed by atoms with E-state index in [1.807, 2.05) is 0 Å². The van der Waals surface area contributed by atoms with E-state index < -0.39 is 10.3 Å². The van der Waals surface area contributed by atoms with Gasteiger partial charge in [0.15, 0.2) is 5.17 Å². The van der Waals surface area contributed by atoms with Crippen LogP contribution in [0.3, 0.4) is 0 Å². The Hall–Kier alpha value is -0.590. The molecule has 1 atom stereocenters. The molecule has 3 N–H and O–H groups in total. The normalized spacial score (nSPS) is 38.6. The number of hydrogen-bond donors (Lipinski definition) is 3. The van der Waals surface area contributed by atoms with Gasteiger partial charge in [-0.25, -0.2) is 0 Å². The number of aliphatic hydroxyl groups is 2. The highest BCUT2D eigenvalue weighted by Gasteiger charge is 2.52. The Morgan fingerprint density at radius 3 is 2.42 bits per heavy atom. The van der Waals surface area contributed by atoms with Crippen molar-refractivity contribution in [2.45, 2.75) is 68.9 Å². The first-order valence-corrected chi connectivity index (χ1v) is 7.53. The summed E-state index contributed by atoms with van der Waals surface area (Å²) in [6.45, 7) is 5.01. The number of nitrogens with one attached hydrogen (secondary N) is 1. The van der Waals surface area contributed by atoms with Crippen LogP contribution in [0.15, 0.2) is 4.99 Å². The van der Waals surface area contributed by atoms with E-state index in [4.69, 9.17) is 0 Å². The molecule has 6 heteroatoms. The van der Waals surface area contributed by atoms with Crippen molar-refractivity contribution in [1.29, 1.82) is 0 Å². The fourth-order valence-corrected chi connectivity index (χ4v) is 3.42. The van der Waals surface area contributed by atoms with E-state index in [0.717, 1.165) is 25.7 Å². The van der Waals surface area contributed by atoms with E-state index in [2.05, 4.69) is 10.3 Å². The first kappa shape index (κ1) is 14.8. The molecule has 108 valence electrons.